The van der Waals surface area contributed by atoms with Crippen molar-refractivity contribution in [2.24, 2.45) is 5.41 Å². The van der Waals surface area contributed by atoms with E-state index in [2.05, 4.69) is 6.07 Å². The second-order valence-electron chi connectivity index (χ2n) is 6.10. The van der Waals surface area contributed by atoms with Crippen LogP contribution in [0.25, 0.3) is 0 Å². The fourth-order valence-electron chi connectivity index (χ4n) is 2.16. The third kappa shape index (κ3) is 4.71. The van der Waals surface area contributed by atoms with E-state index in [0.29, 0.717) is 32.5 Å². The van der Waals surface area contributed by atoms with E-state index in [1.54, 1.807) is 12.0 Å². The number of methoxy groups -OCH3 is 1. The van der Waals surface area contributed by atoms with Crippen molar-refractivity contribution >= 4 is 6.09 Å². The molecule has 0 aromatic rings. The zero-order valence-corrected chi connectivity index (χ0v) is 12.4. The molecule has 0 aromatic heterocycles. The molecule has 0 saturated carbocycles. The summed E-state index contributed by atoms with van der Waals surface area (Å²) < 4.78 is 10.4. The van der Waals surface area contributed by atoms with Gasteiger partial charge in [0, 0.05) is 26.8 Å². The molecule has 0 radical (unpaired) electrons. The number of hydrogen-bond acceptors (Lipinski definition) is 4. The molecule has 0 aliphatic carbocycles. The Bertz CT molecular complexity index is 347. The van der Waals surface area contributed by atoms with Gasteiger partial charge in [-0.1, -0.05) is 0 Å². The standard InChI is InChI=1S/C14H24N2O3/c1-13(2,3)19-12(17)16-8-5-14(11-15,6-9-16)7-10-18-4/h5-10H2,1-4H3. The minimum absolute atomic E-state index is 0.286. The number of nitrogens with zero attached hydrogens (tertiary/aromatic N) is 2. The van der Waals surface area contributed by atoms with Gasteiger partial charge >= 0.3 is 6.09 Å². The van der Waals surface area contributed by atoms with Crippen LogP contribution in [-0.2, 0) is 9.47 Å². The molecule has 1 aliphatic heterocycles. The van der Waals surface area contributed by atoms with Crippen molar-refractivity contribution in [2.75, 3.05) is 26.8 Å². The average Bonchev–Trinajstić information content (AvgIpc) is 2.35. The largest absolute Gasteiger partial charge is 0.444 e. The summed E-state index contributed by atoms with van der Waals surface area (Å²) in [6.07, 6.45) is 1.81. The highest BCUT2D eigenvalue weighted by Gasteiger charge is 2.36. The maximum absolute atomic E-state index is 11.9. The van der Waals surface area contributed by atoms with Gasteiger partial charge in [-0.25, -0.2) is 4.79 Å². The van der Waals surface area contributed by atoms with Gasteiger partial charge in [-0.05, 0) is 40.0 Å². The monoisotopic (exact) mass is 268 g/mol. The maximum atomic E-state index is 11.9. The number of amides is 1. The maximum Gasteiger partial charge on any atom is 0.410 e. The normalized spacial score (nSPS) is 18.8. The first-order valence-electron chi connectivity index (χ1n) is 6.70. The quantitative estimate of drug-likeness (QED) is 0.789. The molecule has 0 aromatic carbocycles. The van der Waals surface area contributed by atoms with Gasteiger partial charge in [0.25, 0.3) is 0 Å². The van der Waals surface area contributed by atoms with Gasteiger partial charge in [-0.2, -0.15) is 5.26 Å². The Morgan fingerprint density at radius 1 is 1.37 bits per heavy atom. The molecular weight excluding hydrogens is 244 g/mol. The predicted octanol–water partition coefficient (Wildman–Crippen LogP) is 2.56. The Morgan fingerprint density at radius 3 is 2.37 bits per heavy atom. The molecule has 0 unspecified atom stereocenters. The Morgan fingerprint density at radius 2 is 1.95 bits per heavy atom. The summed E-state index contributed by atoms with van der Waals surface area (Å²) in [6.45, 7) is 7.30. The van der Waals surface area contributed by atoms with Crippen LogP contribution in [0.1, 0.15) is 40.0 Å². The topological polar surface area (TPSA) is 62.6 Å². The lowest BCUT2D eigenvalue weighted by Crippen LogP contribution is -2.45. The van der Waals surface area contributed by atoms with Crippen molar-refractivity contribution in [3.63, 3.8) is 0 Å². The fourth-order valence-corrected chi connectivity index (χ4v) is 2.16. The Kier molecular flexibility index (Phi) is 5.19. The first-order valence-corrected chi connectivity index (χ1v) is 6.70. The molecule has 0 N–H and O–H groups in total. The van der Waals surface area contributed by atoms with Crippen LogP contribution in [0.4, 0.5) is 4.79 Å². The molecular formula is C14H24N2O3. The molecule has 0 spiro atoms. The van der Waals surface area contributed by atoms with E-state index in [-0.39, 0.29) is 11.5 Å². The van der Waals surface area contributed by atoms with E-state index in [0.717, 1.165) is 6.42 Å². The zero-order valence-electron chi connectivity index (χ0n) is 12.4. The Hall–Kier alpha value is -1.28. The second-order valence-corrected chi connectivity index (χ2v) is 6.10. The van der Waals surface area contributed by atoms with Crippen molar-refractivity contribution in [2.45, 2.75) is 45.6 Å². The van der Waals surface area contributed by atoms with E-state index in [1.807, 2.05) is 20.8 Å². The molecule has 1 heterocycles. The number of hydrogen-bond donors (Lipinski definition) is 0. The second kappa shape index (κ2) is 6.25. The van der Waals surface area contributed by atoms with Gasteiger partial charge < -0.3 is 14.4 Å². The minimum Gasteiger partial charge on any atom is -0.444 e. The van der Waals surface area contributed by atoms with Crippen molar-refractivity contribution in [3.8, 4) is 6.07 Å². The third-order valence-electron chi connectivity index (χ3n) is 3.39. The van der Waals surface area contributed by atoms with E-state index in [1.165, 1.54) is 0 Å². The first-order chi connectivity index (χ1) is 8.82. The molecule has 1 aliphatic rings. The zero-order chi connectivity index (χ0) is 14.5. The molecule has 1 fully saturated rings. The highest BCUT2D eigenvalue weighted by atomic mass is 16.6. The number of rotatable bonds is 3. The fraction of sp³-hybridized carbons (Fsp3) is 0.857. The SMILES string of the molecule is COCCC1(C#N)CCN(C(=O)OC(C)(C)C)CC1. The first kappa shape index (κ1) is 15.8. The van der Waals surface area contributed by atoms with E-state index < -0.39 is 5.60 Å². The molecule has 5 nitrogen and oxygen atoms in total. The van der Waals surface area contributed by atoms with Gasteiger partial charge in [0.2, 0.25) is 0 Å². The minimum atomic E-state index is -0.475. The summed E-state index contributed by atoms with van der Waals surface area (Å²) >= 11 is 0. The molecule has 1 rings (SSSR count). The Labute approximate surface area is 115 Å². The molecule has 5 heteroatoms. The lowest BCUT2D eigenvalue weighted by atomic mass is 9.77. The number of nitriles is 1. The van der Waals surface area contributed by atoms with Gasteiger partial charge in [-0.15, -0.1) is 0 Å². The summed E-state index contributed by atoms with van der Waals surface area (Å²) in [5.41, 5.74) is -0.828. The van der Waals surface area contributed by atoms with Crippen LogP contribution in [0, 0.1) is 16.7 Å². The van der Waals surface area contributed by atoms with Crippen LogP contribution in [0.5, 0.6) is 0 Å². The summed E-state index contributed by atoms with van der Waals surface area (Å²) in [4.78, 5) is 13.6. The molecule has 0 atom stereocenters. The van der Waals surface area contributed by atoms with Crippen LogP contribution in [0.2, 0.25) is 0 Å². The summed E-state index contributed by atoms with van der Waals surface area (Å²) in [5, 5.41) is 9.34. The van der Waals surface area contributed by atoms with Crippen molar-refractivity contribution < 1.29 is 14.3 Å². The van der Waals surface area contributed by atoms with Crippen LogP contribution in [0.15, 0.2) is 0 Å². The third-order valence-corrected chi connectivity index (χ3v) is 3.39. The number of ether oxygens (including phenoxy) is 2. The molecule has 1 amide bonds. The molecule has 0 bridgehead atoms. The number of likely N-dealkylation sites (tertiary alicyclic amines) is 1. The number of carbonyl (C=O) groups excluding carboxylic acids is 1. The van der Waals surface area contributed by atoms with Crippen LogP contribution in [0.3, 0.4) is 0 Å². The highest BCUT2D eigenvalue weighted by molar-refractivity contribution is 5.68. The molecule has 108 valence electrons. The van der Waals surface area contributed by atoms with E-state index in [9.17, 15) is 10.1 Å². The van der Waals surface area contributed by atoms with Crippen LogP contribution < -0.4 is 0 Å². The van der Waals surface area contributed by atoms with Crippen molar-refractivity contribution in [1.82, 2.24) is 4.90 Å². The smallest absolute Gasteiger partial charge is 0.410 e. The van der Waals surface area contributed by atoms with E-state index in [4.69, 9.17) is 9.47 Å². The van der Waals surface area contributed by atoms with Crippen molar-refractivity contribution in [3.05, 3.63) is 0 Å². The summed E-state index contributed by atoms with van der Waals surface area (Å²) in [6, 6.07) is 2.40. The average molecular weight is 268 g/mol. The van der Waals surface area contributed by atoms with Gasteiger partial charge in [0.05, 0.1) is 11.5 Å². The van der Waals surface area contributed by atoms with E-state index >= 15 is 0 Å². The number of carbonyl (C=O) groups is 1. The number of piperidine rings is 1. The van der Waals surface area contributed by atoms with Gasteiger partial charge in [-0.3, -0.25) is 0 Å². The van der Waals surface area contributed by atoms with Crippen molar-refractivity contribution in [1.29, 1.82) is 5.26 Å². The summed E-state index contributed by atoms with van der Waals surface area (Å²) in [5.74, 6) is 0. The Balaban J connectivity index is 2.52. The van der Waals surface area contributed by atoms with Crippen LogP contribution in [-0.4, -0.2) is 43.4 Å². The highest BCUT2D eigenvalue weighted by Crippen LogP contribution is 2.34. The van der Waals surface area contributed by atoms with Crippen LogP contribution >= 0.6 is 0 Å². The van der Waals surface area contributed by atoms with Gasteiger partial charge in [0.1, 0.15) is 5.60 Å². The lowest BCUT2D eigenvalue weighted by Gasteiger charge is -2.37. The molecule has 19 heavy (non-hydrogen) atoms. The molecule has 1 saturated heterocycles. The van der Waals surface area contributed by atoms with Gasteiger partial charge in [0.15, 0.2) is 0 Å². The predicted molar refractivity (Wildman–Crippen MR) is 71.6 cm³/mol. The lowest BCUT2D eigenvalue weighted by molar-refractivity contribution is 0.0125. The summed E-state index contributed by atoms with van der Waals surface area (Å²) in [7, 11) is 1.64.